The summed E-state index contributed by atoms with van der Waals surface area (Å²) in [6, 6.07) is 12.2. The number of aryl methyl sites for hydroxylation is 1. The Hall–Kier alpha value is -1.83. The van der Waals surface area contributed by atoms with Crippen LogP contribution in [-0.4, -0.2) is 57.0 Å². The molecule has 3 aromatic rings. The summed E-state index contributed by atoms with van der Waals surface area (Å²) in [7, 11) is 0. The first-order chi connectivity index (χ1) is 13.6. The summed E-state index contributed by atoms with van der Waals surface area (Å²) in [5.74, 6) is 0.717. The maximum Gasteiger partial charge on any atom is 0.233 e. The number of nitrogens with zero attached hydrogens (tertiary/aromatic N) is 4. The average molecular weight is 459 g/mol. The zero-order chi connectivity index (χ0) is 19.5. The van der Waals surface area contributed by atoms with Gasteiger partial charge in [-0.25, -0.2) is 4.98 Å². The molecule has 0 saturated carbocycles. The summed E-state index contributed by atoms with van der Waals surface area (Å²) in [5, 5.41) is 0. The van der Waals surface area contributed by atoms with Crippen LogP contribution in [0.15, 0.2) is 58.2 Å². The minimum absolute atomic E-state index is 0.222. The van der Waals surface area contributed by atoms with Crippen LogP contribution in [0.1, 0.15) is 11.3 Å². The molecule has 1 amide bonds. The number of aromatic nitrogens is 2. The molecule has 7 heteroatoms. The molecule has 0 bridgehead atoms. The molecule has 1 aliphatic rings. The fourth-order valence-corrected chi connectivity index (χ4v) is 4.84. The second-order valence-corrected chi connectivity index (χ2v) is 8.99. The number of amides is 1. The van der Waals surface area contributed by atoms with Gasteiger partial charge in [-0.2, -0.15) is 0 Å². The zero-order valence-electron chi connectivity index (χ0n) is 15.8. The molecular weight excluding hydrogens is 436 g/mol. The Morgan fingerprint density at radius 1 is 1.18 bits per heavy atom. The number of rotatable bonds is 5. The lowest BCUT2D eigenvalue weighted by Crippen LogP contribution is -2.48. The van der Waals surface area contributed by atoms with E-state index in [1.54, 1.807) is 11.8 Å². The molecule has 0 N–H and O–H groups in total. The van der Waals surface area contributed by atoms with E-state index in [0.717, 1.165) is 48.5 Å². The number of fused-ring (bicyclic) bond motifs is 1. The molecule has 1 fully saturated rings. The maximum absolute atomic E-state index is 12.6. The van der Waals surface area contributed by atoms with Crippen LogP contribution in [0.3, 0.4) is 0 Å². The Bertz CT molecular complexity index is 948. The molecule has 146 valence electrons. The highest BCUT2D eigenvalue weighted by molar-refractivity contribution is 9.10. The first-order valence-corrected chi connectivity index (χ1v) is 11.2. The monoisotopic (exact) mass is 458 g/mol. The van der Waals surface area contributed by atoms with Crippen molar-refractivity contribution < 1.29 is 4.79 Å². The van der Waals surface area contributed by atoms with Crippen LogP contribution in [0, 0.1) is 6.92 Å². The largest absolute Gasteiger partial charge is 0.339 e. The van der Waals surface area contributed by atoms with E-state index in [0.29, 0.717) is 5.75 Å². The van der Waals surface area contributed by atoms with Gasteiger partial charge in [-0.05, 0) is 42.8 Å². The molecule has 0 atom stereocenters. The van der Waals surface area contributed by atoms with Crippen LogP contribution in [0.25, 0.3) is 5.65 Å². The number of carbonyl (C=O) groups excluding carboxylic acids is 1. The number of thioether (sulfide) groups is 1. The molecule has 0 aliphatic carbocycles. The first kappa shape index (κ1) is 19.5. The van der Waals surface area contributed by atoms with Crippen molar-refractivity contribution in [3.63, 3.8) is 0 Å². The smallest absolute Gasteiger partial charge is 0.233 e. The highest BCUT2D eigenvalue weighted by Crippen LogP contribution is 2.25. The first-order valence-electron chi connectivity index (χ1n) is 9.40. The van der Waals surface area contributed by atoms with Gasteiger partial charge in [0, 0.05) is 54.5 Å². The van der Waals surface area contributed by atoms with Crippen LogP contribution in [-0.2, 0) is 11.3 Å². The van der Waals surface area contributed by atoms with Gasteiger partial charge in [0.1, 0.15) is 5.65 Å². The molecule has 1 aliphatic heterocycles. The van der Waals surface area contributed by atoms with Gasteiger partial charge in [0.15, 0.2) is 0 Å². The lowest BCUT2D eigenvalue weighted by atomic mass is 10.2. The van der Waals surface area contributed by atoms with Crippen molar-refractivity contribution in [2.75, 3.05) is 31.9 Å². The van der Waals surface area contributed by atoms with Crippen LogP contribution >= 0.6 is 27.7 Å². The molecule has 0 unspecified atom stereocenters. The van der Waals surface area contributed by atoms with Gasteiger partial charge < -0.3 is 9.30 Å². The second-order valence-electron chi connectivity index (χ2n) is 7.05. The molecule has 1 saturated heterocycles. The fourth-order valence-electron chi connectivity index (χ4n) is 3.45. The number of carbonyl (C=O) groups is 1. The van der Waals surface area contributed by atoms with E-state index >= 15 is 0 Å². The third-order valence-electron chi connectivity index (χ3n) is 5.01. The van der Waals surface area contributed by atoms with Crippen molar-refractivity contribution >= 4 is 39.2 Å². The normalized spacial score (nSPS) is 15.3. The number of piperazine rings is 1. The average Bonchev–Trinajstić information content (AvgIpc) is 3.10. The summed E-state index contributed by atoms with van der Waals surface area (Å²) in [6.07, 6.45) is 4.11. The van der Waals surface area contributed by atoms with Gasteiger partial charge in [-0.3, -0.25) is 9.69 Å². The van der Waals surface area contributed by atoms with Crippen LogP contribution < -0.4 is 0 Å². The predicted octanol–water partition coefficient (Wildman–Crippen LogP) is 3.84. The summed E-state index contributed by atoms with van der Waals surface area (Å²) in [4.78, 5) is 22.8. The van der Waals surface area contributed by atoms with E-state index < -0.39 is 0 Å². The zero-order valence-corrected chi connectivity index (χ0v) is 18.2. The molecule has 28 heavy (non-hydrogen) atoms. The molecule has 3 heterocycles. The number of benzene rings is 1. The Morgan fingerprint density at radius 2 is 2.00 bits per heavy atom. The number of hydrogen-bond donors (Lipinski definition) is 0. The van der Waals surface area contributed by atoms with Crippen molar-refractivity contribution in [2.45, 2.75) is 18.4 Å². The molecule has 4 rings (SSSR count). The number of pyridine rings is 1. The van der Waals surface area contributed by atoms with E-state index in [9.17, 15) is 4.79 Å². The highest BCUT2D eigenvalue weighted by atomic mass is 79.9. The second kappa shape index (κ2) is 8.68. The third-order valence-corrected chi connectivity index (χ3v) is 6.67. The minimum Gasteiger partial charge on any atom is -0.339 e. The Labute approximate surface area is 177 Å². The molecule has 5 nitrogen and oxygen atoms in total. The van der Waals surface area contributed by atoms with Gasteiger partial charge in [0.25, 0.3) is 0 Å². The van der Waals surface area contributed by atoms with Gasteiger partial charge >= 0.3 is 0 Å². The van der Waals surface area contributed by atoms with Gasteiger partial charge in [-0.1, -0.05) is 22.0 Å². The van der Waals surface area contributed by atoms with Crippen molar-refractivity contribution in [3.05, 3.63) is 64.5 Å². The SMILES string of the molecule is Cc1cc(Br)ccc1SCC(=O)N1CCN(Cc2cn3ccccc3n2)CC1. The standard InChI is InChI=1S/C21H23BrN4OS/c1-16-12-17(22)5-6-19(16)28-15-21(27)25-10-8-24(9-11-25)13-18-14-26-7-3-2-4-20(26)23-18/h2-7,12,14H,8-11,13,15H2,1H3. The van der Waals surface area contributed by atoms with E-state index in [1.807, 2.05) is 35.4 Å². The van der Waals surface area contributed by atoms with E-state index in [1.165, 1.54) is 10.5 Å². The maximum atomic E-state index is 12.6. The lowest BCUT2D eigenvalue weighted by Gasteiger charge is -2.34. The Morgan fingerprint density at radius 3 is 2.75 bits per heavy atom. The van der Waals surface area contributed by atoms with Crippen molar-refractivity contribution in [1.29, 1.82) is 0 Å². The molecule has 0 radical (unpaired) electrons. The van der Waals surface area contributed by atoms with Crippen molar-refractivity contribution in [3.8, 4) is 0 Å². The summed E-state index contributed by atoms with van der Waals surface area (Å²) in [5.41, 5.74) is 3.25. The topological polar surface area (TPSA) is 40.9 Å². The van der Waals surface area contributed by atoms with E-state index in [4.69, 9.17) is 0 Å². The van der Waals surface area contributed by atoms with Gasteiger partial charge in [-0.15, -0.1) is 11.8 Å². The minimum atomic E-state index is 0.222. The quantitative estimate of drug-likeness (QED) is 0.544. The summed E-state index contributed by atoms with van der Waals surface area (Å²) < 4.78 is 3.12. The van der Waals surface area contributed by atoms with Crippen LogP contribution in [0.4, 0.5) is 0 Å². The Kier molecular flexibility index (Phi) is 6.04. The lowest BCUT2D eigenvalue weighted by molar-refractivity contribution is -0.130. The molecular formula is C21H23BrN4OS. The van der Waals surface area contributed by atoms with Crippen LogP contribution in [0.2, 0.25) is 0 Å². The number of hydrogen-bond acceptors (Lipinski definition) is 4. The predicted molar refractivity (Wildman–Crippen MR) is 117 cm³/mol. The molecule has 1 aromatic carbocycles. The third kappa shape index (κ3) is 4.59. The van der Waals surface area contributed by atoms with E-state index in [-0.39, 0.29) is 5.91 Å². The molecule has 2 aromatic heterocycles. The van der Waals surface area contributed by atoms with Crippen molar-refractivity contribution in [1.82, 2.24) is 19.2 Å². The van der Waals surface area contributed by atoms with E-state index in [2.05, 4.69) is 55.5 Å². The number of imidazole rings is 1. The Balaban J connectivity index is 1.26. The fraction of sp³-hybridized carbons (Fsp3) is 0.333. The van der Waals surface area contributed by atoms with Gasteiger partial charge in [0.2, 0.25) is 5.91 Å². The summed E-state index contributed by atoms with van der Waals surface area (Å²) in [6.45, 7) is 6.26. The number of halogens is 1. The highest BCUT2D eigenvalue weighted by Gasteiger charge is 2.21. The summed E-state index contributed by atoms with van der Waals surface area (Å²) >= 11 is 5.11. The van der Waals surface area contributed by atoms with Crippen LogP contribution in [0.5, 0.6) is 0 Å². The van der Waals surface area contributed by atoms with Gasteiger partial charge in [0.05, 0.1) is 11.4 Å². The molecule has 0 spiro atoms. The van der Waals surface area contributed by atoms with Crippen molar-refractivity contribution in [2.24, 2.45) is 0 Å².